The maximum atomic E-state index is 13.4. The van der Waals surface area contributed by atoms with E-state index in [4.69, 9.17) is 21.2 Å². The Kier molecular flexibility index (Phi) is 16.5. The summed E-state index contributed by atoms with van der Waals surface area (Å²) in [4.78, 5) is 69.9. The van der Waals surface area contributed by atoms with Gasteiger partial charge in [-0.25, -0.2) is 9.97 Å². The predicted molar refractivity (Wildman–Crippen MR) is 255 cm³/mol. The van der Waals surface area contributed by atoms with Gasteiger partial charge in [-0.05, 0) is 150 Å². The zero-order valence-corrected chi connectivity index (χ0v) is 38.3. The highest BCUT2D eigenvalue weighted by Crippen LogP contribution is 2.29. The van der Waals surface area contributed by atoms with Crippen molar-refractivity contribution in [2.24, 2.45) is 28.7 Å². The quantitative estimate of drug-likeness (QED) is 0.141. The topological polar surface area (TPSA) is 189 Å². The monoisotopic (exact) mass is 898 g/mol. The lowest BCUT2D eigenvalue weighted by atomic mass is 9.88. The van der Waals surface area contributed by atoms with Crippen molar-refractivity contribution in [3.05, 3.63) is 108 Å². The number of anilines is 2. The van der Waals surface area contributed by atoms with Crippen LogP contribution in [0, 0.1) is 23.7 Å². The first-order valence-corrected chi connectivity index (χ1v) is 24.2. The van der Waals surface area contributed by atoms with Crippen LogP contribution in [-0.4, -0.2) is 134 Å². The Balaban J connectivity index is 0.000000182. The molecule has 4 aromatic heterocycles. The van der Waals surface area contributed by atoms with Crippen molar-refractivity contribution in [3.63, 3.8) is 0 Å². The molecule has 5 aliphatic heterocycles. The minimum absolute atomic E-state index is 0.0291. The summed E-state index contributed by atoms with van der Waals surface area (Å²) in [5.41, 5.74) is 16.6. The van der Waals surface area contributed by atoms with Gasteiger partial charge in [0.05, 0.1) is 17.4 Å². The molecule has 2 amide bonds. The number of ketones is 1. The third-order valence-electron chi connectivity index (χ3n) is 14.1. The number of likely N-dealkylation sites (tertiary alicyclic amines) is 4. The summed E-state index contributed by atoms with van der Waals surface area (Å²) >= 11 is 0. The highest BCUT2D eigenvalue weighted by atomic mass is 16.5. The van der Waals surface area contributed by atoms with Crippen LogP contribution in [0.25, 0.3) is 0 Å². The first kappa shape index (κ1) is 46.9. The van der Waals surface area contributed by atoms with Gasteiger partial charge in [0.15, 0.2) is 5.78 Å². The average molecular weight is 898 g/mol. The summed E-state index contributed by atoms with van der Waals surface area (Å²) in [7, 11) is 0. The molecule has 15 heteroatoms. The smallest absolute Gasteiger partial charge is 0.225 e. The van der Waals surface area contributed by atoms with Gasteiger partial charge in [-0.1, -0.05) is 12.1 Å². The number of pyridine rings is 4. The van der Waals surface area contributed by atoms with Crippen molar-refractivity contribution in [1.29, 1.82) is 0 Å². The van der Waals surface area contributed by atoms with Crippen LogP contribution in [0.5, 0.6) is 0 Å². The first-order chi connectivity index (χ1) is 32.3. The predicted octanol–water partition coefficient (Wildman–Crippen LogP) is 5.57. The van der Waals surface area contributed by atoms with E-state index in [1.165, 1.54) is 5.56 Å². The molecule has 4 aromatic rings. The number of aromatic nitrogens is 4. The first-order valence-electron chi connectivity index (χ1n) is 24.2. The lowest BCUT2D eigenvalue weighted by Gasteiger charge is -2.37. The number of hydrogen-bond donors (Lipinski definition) is 2. The summed E-state index contributed by atoms with van der Waals surface area (Å²) in [5, 5.41) is 0. The number of aliphatic imine (C=N–C) groups is 1. The molecule has 0 saturated carbocycles. The number of carbonyl (C=O) groups excluding carboxylic acids is 3. The summed E-state index contributed by atoms with van der Waals surface area (Å²) < 4.78 is 5.53. The molecule has 4 N–H and O–H groups in total. The summed E-state index contributed by atoms with van der Waals surface area (Å²) in [5.74, 6) is 2.34. The molecule has 0 aromatic carbocycles. The van der Waals surface area contributed by atoms with E-state index in [-0.39, 0.29) is 29.4 Å². The van der Waals surface area contributed by atoms with E-state index < -0.39 is 0 Å². The number of carbonyl (C=O) groups is 3. The molecule has 15 nitrogen and oxygen atoms in total. The van der Waals surface area contributed by atoms with Gasteiger partial charge in [-0.3, -0.25) is 39.1 Å². The fourth-order valence-electron chi connectivity index (χ4n) is 10.3. The summed E-state index contributed by atoms with van der Waals surface area (Å²) in [6, 6.07) is 19.7. The molecule has 9 rings (SSSR count). The maximum absolute atomic E-state index is 13.4. The van der Waals surface area contributed by atoms with Crippen LogP contribution >= 0.6 is 0 Å². The van der Waals surface area contributed by atoms with E-state index in [1.54, 1.807) is 24.7 Å². The number of rotatable bonds is 11. The van der Waals surface area contributed by atoms with Crippen LogP contribution in [-0.2, 0) is 27.4 Å². The van der Waals surface area contributed by atoms with Crippen molar-refractivity contribution in [2.75, 3.05) is 77.0 Å². The Morgan fingerprint density at radius 1 is 0.530 bits per heavy atom. The van der Waals surface area contributed by atoms with E-state index >= 15 is 0 Å². The Bertz CT molecular complexity index is 2210. The fourth-order valence-corrected chi connectivity index (χ4v) is 10.3. The molecule has 0 atom stereocenters. The highest BCUT2D eigenvalue weighted by molar-refractivity contribution is 6.01. The molecule has 9 heterocycles. The second-order valence-corrected chi connectivity index (χ2v) is 18.6. The minimum atomic E-state index is -0.0291. The van der Waals surface area contributed by atoms with Gasteiger partial charge in [0.1, 0.15) is 17.3 Å². The van der Waals surface area contributed by atoms with Gasteiger partial charge in [0.2, 0.25) is 11.8 Å². The molecule has 66 heavy (non-hydrogen) atoms. The molecule has 5 saturated heterocycles. The van der Waals surface area contributed by atoms with Crippen LogP contribution in [0.2, 0.25) is 0 Å². The van der Waals surface area contributed by atoms with Crippen LogP contribution in [0.1, 0.15) is 91.5 Å². The Labute approximate surface area is 389 Å². The number of nitrogens with zero attached hydrogens (tertiary/aromatic N) is 9. The van der Waals surface area contributed by atoms with Crippen LogP contribution in [0.4, 0.5) is 11.6 Å². The molecule has 5 aliphatic rings. The highest BCUT2D eigenvalue weighted by Gasteiger charge is 2.35. The molecular weight excluding hydrogens is 831 g/mol. The SMILES string of the molecule is Nc1cc(CN2CCC(C(=O)N3CCC(C(=NC4CCOCC4)c4ccccn4)CC3)CC2)ccn1.Nc1cc(CN2CCC(C(=O)N3CCC(C(=O)c4ccccn4)CC3)CC2)ccn1. The number of hydrogen-bond acceptors (Lipinski definition) is 13. The lowest BCUT2D eigenvalue weighted by Crippen LogP contribution is -2.46. The third kappa shape index (κ3) is 12.8. The van der Waals surface area contributed by atoms with Gasteiger partial charge in [-0.15, -0.1) is 0 Å². The second-order valence-electron chi connectivity index (χ2n) is 18.6. The van der Waals surface area contributed by atoms with Gasteiger partial charge in [0, 0.05) is 101 Å². The minimum Gasteiger partial charge on any atom is -0.384 e. The molecule has 5 fully saturated rings. The number of amides is 2. The summed E-state index contributed by atoms with van der Waals surface area (Å²) in [6.45, 7) is 9.92. The van der Waals surface area contributed by atoms with Crippen molar-refractivity contribution in [3.8, 4) is 0 Å². The molecule has 0 unspecified atom stereocenters. The third-order valence-corrected chi connectivity index (χ3v) is 14.1. The number of ether oxygens (including phenoxy) is 1. The zero-order valence-electron chi connectivity index (χ0n) is 38.3. The number of Topliss-reactive ketones (excluding diaryl/α,β-unsaturated/α-hetero) is 1. The van der Waals surface area contributed by atoms with E-state index in [0.717, 1.165) is 147 Å². The van der Waals surface area contributed by atoms with E-state index in [0.29, 0.717) is 48.3 Å². The van der Waals surface area contributed by atoms with Crippen LogP contribution in [0.3, 0.4) is 0 Å². The molecule has 0 bridgehead atoms. The zero-order chi connectivity index (χ0) is 45.7. The van der Waals surface area contributed by atoms with E-state index in [9.17, 15) is 14.4 Å². The molecule has 0 aliphatic carbocycles. The van der Waals surface area contributed by atoms with Crippen molar-refractivity contribution in [1.82, 2.24) is 39.5 Å². The largest absolute Gasteiger partial charge is 0.384 e. The van der Waals surface area contributed by atoms with E-state index in [2.05, 4.69) is 40.7 Å². The average Bonchev–Trinajstić information content (AvgIpc) is 3.37. The number of nitrogens with two attached hydrogens (primary N) is 2. The van der Waals surface area contributed by atoms with Crippen LogP contribution < -0.4 is 11.5 Å². The van der Waals surface area contributed by atoms with Gasteiger partial charge < -0.3 is 26.0 Å². The van der Waals surface area contributed by atoms with Crippen molar-refractivity contribution in [2.45, 2.75) is 83.3 Å². The normalized spacial score (nSPS) is 20.4. The molecular formula is C51H67N11O4. The maximum Gasteiger partial charge on any atom is 0.225 e. The standard InChI is InChI=1S/C28H38N6O2.C23H29N5O2/c29-26-19-21(4-12-31-26)20-33-13-5-23(6-14-33)28(35)34-15-7-22(8-16-34)27(25-3-1-2-11-30-25)32-24-9-17-36-18-10-24;24-21-15-17(4-10-26-21)16-27-11-5-19(6-12-27)23(30)28-13-7-18(8-14-28)22(29)20-3-1-2-9-25-20/h1-4,11-12,19,22-24H,5-10,13-18,20H2,(H2,29,31);1-4,9-10,15,18-19H,5-8,11-14,16H2,(H2,24,26). The Morgan fingerprint density at radius 2 is 0.985 bits per heavy atom. The molecule has 0 spiro atoms. The van der Waals surface area contributed by atoms with Crippen molar-refractivity contribution < 1.29 is 19.1 Å². The Hall–Kier alpha value is -5.64. The fraction of sp³-hybridized carbons (Fsp3) is 0.529. The van der Waals surface area contributed by atoms with E-state index in [1.807, 2.05) is 59.6 Å². The van der Waals surface area contributed by atoms with Gasteiger partial charge in [0.25, 0.3) is 0 Å². The Morgan fingerprint density at radius 3 is 1.44 bits per heavy atom. The van der Waals surface area contributed by atoms with Gasteiger partial charge in [-0.2, -0.15) is 0 Å². The lowest BCUT2D eigenvalue weighted by molar-refractivity contribution is -0.139. The number of nitrogen functional groups attached to an aromatic ring is 2. The van der Waals surface area contributed by atoms with Crippen molar-refractivity contribution >= 4 is 34.9 Å². The second kappa shape index (κ2) is 23.2. The van der Waals surface area contributed by atoms with Crippen LogP contribution in [0.15, 0.2) is 90.4 Å². The summed E-state index contributed by atoms with van der Waals surface area (Å²) in [6.07, 6.45) is 15.9. The molecule has 0 radical (unpaired) electrons. The number of piperidine rings is 4. The van der Waals surface area contributed by atoms with Gasteiger partial charge >= 0.3 is 0 Å². The molecule has 350 valence electrons.